The molecule has 2 fully saturated rings. The first kappa shape index (κ1) is 23.9. The van der Waals surface area contributed by atoms with Crippen LogP contribution in [-0.4, -0.2) is 71.8 Å². The Bertz CT molecular complexity index is 1370. The molecule has 2 aliphatic rings. The monoisotopic (exact) mass is 496 g/mol. The normalized spacial score (nSPS) is 17.5. The first-order valence-electron chi connectivity index (χ1n) is 13.1. The zero-order chi connectivity index (χ0) is 25.2. The maximum atomic E-state index is 6.29. The number of ether oxygens (including phenoxy) is 1. The van der Waals surface area contributed by atoms with Gasteiger partial charge in [-0.2, -0.15) is 0 Å². The lowest BCUT2D eigenvalue weighted by Crippen LogP contribution is -2.46. The highest BCUT2D eigenvalue weighted by Crippen LogP contribution is 2.41. The smallest absolute Gasteiger partial charge is 0.182 e. The summed E-state index contributed by atoms with van der Waals surface area (Å²) in [5.74, 6) is 2.01. The van der Waals surface area contributed by atoms with Crippen molar-refractivity contribution in [3.63, 3.8) is 0 Å². The highest BCUT2D eigenvalue weighted by atomic mass is 16.5. The second-order valence-corrected chi connectivity index (χ2v) is 9.86. The maximum Gasteiger partial charge on any atom is 0.182 e. The zero-order valence-electron chi connectivity index (χ0n) is 21.3. The maximum absolute atomic E-state index is 6.29. The molecule has 0 atom stereocenters. The molecule has 190 valence electrons. The molecule has 10 heteroatoms. The molecule has 4 heterocycles. The molecule has 1 aromatic carbocycles. The molecule has 0 bridgehead atoms. The quantitative estimate of drug-likeness (QED) is 0.319. The Morgan fingerprint density at radius 2 is 1.84 bits per heavy atom. The van der Waals surface area contributed by atoms with Gasteiger partial charge >= 0.3 is 0 Å². The number of imidazole rings is 1. The van der Waals surface area contributed by atoms with Gasteiger partial charge in [0.15, 0.2) is 19.5 Å². The molecule has 3 aromatic heterocycles. The number of hydrogen-bond donors (Lipinski definition) is 3. The van der Waals surface area contributed by atoms with Crippen LogP contribution in [0, 0.1) is 0 Å². The lowest BCUT2D eigenvalue weighted by Gasteiger charge is -2.43. The first-order chi connectivity index (χ1) is 18.2. The Balaban J connectivity index is 1.36. The molecule has 4 N–H and O–H groups in total. The molecule has 1 aliphatic heterocycles. The van der Waals surface area contributed by atoms with Crippen molar-refractivity contribution < 1.29 is 4.74 Å². The van der Waals surface area contributed by atoms with Crippen LogP contribution in [0.3, 0.4) is 0 Å². The largest absolute Gasteiger partial charge is 0.383 e. The van der Waals surface area contributed by atoms with Crippen LogP contribution in [0.1, 0.15) is 24.8 Å². The van der Waals surface area contributed by atoms with Crippen molar-refractivity contribution in [2.45, 2.75) is 24.8 Å². The van der Waals surface area contributed by atoms with Gasteiger partial charge in [-0.15, -0.1) is 0 Å². The van der Waals surface area contributed by atoms with Gasteiger partial charge in [0.1, 0.15) is 17.2 Å². The van der Waals surface area contributed by atoms with E-state index >= 15 is 0 Å². The van der Waals surface area contributed by atoms with Crippen molar-refractivity contribution in [3.8, 4) is 17.1 Å². The van der Waals surface area contributed by atoms with Crippen molar-refractivity contribution in [1.29, 1.82) is 0 Å². The fraction of sp³-hybridized carbons (Fsp3) is 0.370. The summed E-state index contributed by atoms with van der Waals surface area (Å²) < 4.78 is 7.55. The van der Waals surface area contributed by atoms with Gasteiger partial charge in [-0.1, -0.05) is 12.1 Å². The summed E-state index contributed by atoms with van der Waals surface area (Å²) in [6.07, 6.45) is 5.28. The number of anilines is 2. The number of benzene rings is 1. The lowest BCUT2D eigenvalue weighted by molar-refractivity contribution is 0.0398. The van der Waals surface area contributed by atoms with Crippen LogP contribution < -0.4 is 16.3 Å². The van der Waals surface area contributed by atoms with Crippen LogP contribution in [0.2, 0.25) is 0 Å². The number of nitrogens with zero attached hydrogens (tertiary/aromatic N) is 5. The molecule has 0 amide bonds. The Morgan fingerprint density at radius 1 is 1.03 bits per heavy atom. The number of nitrogens with one attached hydrogen (secondary N) is 2. The molecule has 1 saturated carbocycles. The topological polar surface area (TPSA) is 106 Å². The summed E-state index contributed by atoms with van der Waals surface area (Å²) in [7, 11) is 2.05. The van der Waals surface area contributed by atoms with Crippen LogP contribution in [0.15, 0.2) is 54.7 Å². The predicted octanol–water partition coefficient (Wildman–Crippen LogP) is 2.33. The van der Waals surface area contributed by atoms with Crippen LogP contribution >= 0.6 is 0 Å². The second kappa shape index (κ2) is 10.1. The Morgan fingerprint density at radius 3 is 2.54 bits per heavy atom. The van der Waals surface area contributed by atoms with E-state index < -0.39 is 0 Å². The molecule has 1 aliphatic carbocycles. The lowest BCUT2D eigenvalue weighted by atomic mass is 9.71. The number of pyridine rings is 2. The Labute approximate surface area is 217 Å². The Kier molecular flexibility index (Phi) is 6.54. The average molecular weight is 496 g/mol. The molecule has 4 aromatic rings. The van der Waals surface area contributed by atoms with Crippen LogP contribution in [0.25, 0.3) is 28.2 Å². The first-order valence-corrected chi connectivity index (χ1v) is 13.1. The van der Waals surface area contributed by atoms with Gasteiger partial charge in [0.2, 0.25) is 0 Å². The van der Waals surface area contributed by atoms with E-state index in [1.165, 1.54) is 12.0 Å². The molecule has 9 nitrogen and oxygen atoms in total. The summed E-state index contributed by atoms with van der Waals surface area (Å²) in [6, 6.07) is 16.6. The van der Waals surface area contributed by atoms with Gasteiger partial charge < -0.3 is 21.0 Å². The van der Waals surface area contributed by atoms with Gasteiger partial charge in [0.05, 0.1) is 18.8 Å². The van der Waals surface area contributed by atoms with Crippen LogP contribution in [0.5, 0.6) is 0 Å². The van der Waals surface area contributed by atoms with E-state index in [1.807, 2.05) is 24.3 Å². The van der Waals surface area contributed by atoms with E-state index in [0.717, 1.165) is 86.3 Å². The zero-order valence-corrected chi connectivity index (χ0v) is 21.3. The van der Waals surface area contributed by atoms with Gasteiger partial charge in [-0.05, 0) is 61.2 Å². The van der Waals surface area contributed by atoms with Crippen molar-refractivity contribution in [2.75, 3.05) is 50.4 Å². The standard InChI is InChI=1S/C27H33BN8O/c28-34-27(10-2-11-27)19-4-6-20(7-5-19)36-25(21-3-1-12-31-24(21)29)32-22-8-9-23(33-26(22)36)30-13-14-35-15-17-37-18-16-35/h1,3-9,12,34H,2,10-11,13-18,28H2,(H2,29,31)(H,30,33). The summed E-state index contributed by atoms with van der Waals surface area (Å²) in [4.78, 5) is 16.7. The molecule has 37 heavy (non-hydrogen) atoms. The molecule has 1 saturated heterocycles. The van der Waals surface area contributed by atoms with E-state index in [0.29, 0.717) is 5.82 Å². The number of hydrogen-bond acceptors (Lipinski definition) is 8. The van der Waals surface area contributed by atoms with E-state index in [9.17, 15) is 0 Å². The van der Waals surface area contributed by atoms with E-state index in [4.69, 9.17) is 20.4 Å². The van der Waals surface area contributed by atoms with E-state index in [2.05, 4.69) is 57.2 Å². The number of nitrogens with two attached hydrogens (primary N) is 1. The fourth-order valence-corrected chi connectivity index (χ4v) is 5.40. The SMILES string of the molecule is BNC1(c2ccc(-n3c(-c4cccnc4N)nc4ccc(NCCN5CCOCC5)nc43)cc2)CCC1. The van der Waals surface area contributed by atoms with Gasteiger partial charge in [0.25, 0.3) is 0 Å². The summed E-state index contributed by atoms with van der Waals surface area (Å²) in [6.45, 7) is 5.32. The van der Waals surface area contributed by atoms with Crippen molar-refractivity contribution in [2.24, 2.45) is 0 Å². The number of fused-ring (bicyclic) bond motifs is 1. The van der Waals surface area contributed by atoms with Crippen molar-refractivity contribution >= 4 is 30.8 Å². The third-order valence-electron chi connectivity index (χ3n) is 7.79. The second-order valence-electron chi connectivity index (χ2n) is 9.86. The summed E-state index contributed by atoms with van der Waals surface area (Å²) in [5, 5.41) is 7.03. The third-order valence-corrected chi connectivity index (χ3v) is 7.79. The van der Waals surface area contributed by atoms with Crippen LogP contribution in [0.4, 0.5) is 11.6 Å². The van der Waals surface area contributed by atoms with Gasteiger partial charge in [-0.3, -0.25) is 9.47 Å². The van der Waals surface area contributed by atoms with Gasteiger partial charge in [0, 0.05) is 43.6 Å². The fourth-order valence-electron chi connectivity index (χ4n) is 5.40. The highest BCUT2D eigenvalue weighted by molar-refractivity contribution is 6.05. The Hall–Kier alpha value is -3.47. The van der Waals surface area contributed by atoms with E-state index in [-0.39, 0.29) is 5.54 Å². The number of aromatic nitrogens is 4. The third kappa shape index (κ3) is 4.56. The molecule has 0 spiro atoms. The minimum absolute atomic E-state index is 0.0853. The molecular weight excluding hydrogens is 463 g/mol. The minimum Gasteiger partial charge on any atom is -0.383 e. The highest BCUT2D eigenvalue weighted by Gasteiger charge is 2.36. The van der Waals surface area contributed by atoms with Crippen molar-refractivity contribution in [3.05, 3.63) is 60.3 Å². The summed E-state index contributed by atoms with van der Waals surface area (Å²) >= 11 is 0. The number of nitrogen functional groups attached to an aromatic ring is 1. The minimum atomic E-state index is 0.0853. The average Bonchev–Trinajstić information content (AvgIpc) is 3.28. The molecule has 6 rings (SSSR count). The van der Waals surface area contributed by atoms with E-state index in [1.54, 1.807) is 6.20 Å². The van der Waals surface area contributed by atoms with Crippen LogP contribution in [-0.2, 0) is 10.3 Å². The van der Waals surface area contributed by atoms with Crippen molar-refractivity contribution in [1.82, 2.24) is 29.6 Å². The molecule has 0 radical (unpaired) electrons. The molecule has 0 unspecified atom stereocenters. The summed E-state index contributed by atoms with van der Waals surface area (Å²) in [5.41, 5.74) is 11.1. The molecular formula is C27H33BN8O. The van der Waals surface area contributed by atoms with Gasteiger partial charge in [-0.25, -0.2) is 15.0 Å². The predicted molar refractivity (Wildman–Crippen MR) is 149 cm³/mol. The number of rotatable bonds is 8. The number of morpholine rings is 1.